The largest absolute Gasteiger partial charge is 0.421 e. The van der Waals surface area contributed by atoms with Gasteiger partial charge in [-0.05, 0) is 48.6 Å². The number of carbonyl (C=O) groups excluding carboxylic acids is 2. The van der Waals surface area contributed by atoms with Crippen molar-refractivity contribution in [2.24, 2.45) is 0 Å². The van der Waals surface area contributed by atoms with Crippen LogP contribution in [0.4, 0.5) is 5.69 Å². The van der Waals surface area contributed by atoms with E-state index in [9.17, 15) is 9.59 Å². The summed E-state index contributed by atoms with van der Waals surface area (Å²) in [6.45, 7) is 1.64. The molecule has 0 bridgehead atoms. The van der Waals surface area contributed by atoms with Crippen molar-refractivity contribution < 1.29 is 14.0 Å². The molecule has 1 N–H and O–H groups in total. The normalized spacial score (nSPS) is 13.6. The van der Waals surface area contributed by atoms with Crippen LogP contribution in [0.3, 0.4) is 0 Å². The molecule has 2 amide bonds. The first-order valence-electron chi connectivity index (χ1n) is 9.23. The Balaban J connectivity index is 1.28. The van der Waals surface area contributed by atoms with Gasteiger partial charge in [-0.25, -0.2) is 0 Å². The number of amides is 2. The Bertz CT molecular complexity index is 944. The molecule has 0 unspecified atom stereocenters. The Kier molecular flexibility index (Phi) is 5.48. The fourth-order valence-electron chi connectivity index (χ4n) is 3.10. The molecule has 0 saturated carbocycles. The van der Waals surface area contributed by atoms with Crippen LogP contribution in [0, 0.1) is 0 Å². The molecule has 0 aliphatic carbocycles. The van der Waals surface area contributed by atoms with Gasteiger partial charge in [0, 0.05) is 48.1 Å². The van der Waals surface area contributed by atoms with Gasteiger partial charge < -0.3 is 14.6 Å². The van der Waals surface area contributed by atoms with Crippen molar-refractivity contribution in [3.05, 3.63) is 52.5 Å². The second kappa shape index (κ2) is 8.35. The SMILES string of the molecule is O=C(CCc1nnc(-c2ccsc2)o1)Nc1ccc(C(=O)N2CCCC2)cc1. The van der Waals surface area contributed by atoms with E-state index in [0.29, 0.717) is 29.5 Å². The van der Waals surface area contributed by atoms with Gasteiger partial charge in [0.15, 0.2) is 0 Å². The molecule has 1 aliphatic heterocycles. The van der Waals surface area contributed by atoms with Crippen molar-refractivity contribution in [2.45, 2.75) is 25.7 Å². The van der Waals surface area contributed by atoms with E-state index in [1.54, 1.807) is 35.6 Å². The van der Waals surface area contributed by atoms with E-state index in [0.717, 1.165) is 31.5 Å². The number of aromatic nitrogens is 2. The first kappa shape index (κ1) is 18.4. The van der Waals surface area contributed by atoms with Gasteiger partial charge in [0.05, 0.1) is 0 Å². The third-order valence-electron chi connectivity index (χ3n) is 4.61. The summed E-state index contributed by atoms with van der Waals surface area (Å²) >= 11 is 1.56. The second-order valence-electron chi connectivity index (χ2n) is 6.64. The zero-order valence-electron chi connectivity index (χ0n) is 15.3. The van der Waals surface area contributed by atoms with Gasteiger partial charge in [-0.1, -0.05) is 0 Å². The van der Waals surface area contributed by atoms with Crippen molar-refractivity contribution in [3.8, 4) is 11.5 Å². The monoisotopic (exact) mass is 396 g/mol. The number of hydrogen-bond acceptors (Lipinski definition) is 6. The number of rotatable bonds is 6. The van der Waals surface area contributed by atoms with Gasteiger partial charge in [-0.2, -0.15) is 11.3 Å². The molecule has 0 radical (unpaired) electrons. The number of hydrogen-bond donors (Lipinski definition) is 1. The topological polar surface area (TPSA) is 88.3 Å². The molecule has 0 atom stereocenters. The van der Waals surface area contributed by atoms with Crippen molar-refractivity contribution >= 4 is 28.8 Å². The third-order valence-corrected chi connectivity index (χ3v) is 5.29. The third kappa shape index (κ3) is 4.28. The molecule has 3 heterocycles. The number of nitrogens with one attached hydrogen (secondary N) is 1. The minimum atomic E-state index is -0.145. The van der Waals surface area contributed by atoms with Crippen molar-refractivity contribution in [3.63, 3.8) is 0 Å². The van der Waals surface area contributed by atoms with Crippen LogP contribution < -0.4 is 5.32 Å². The molecular formula is C20H20N4O3S. The molecule has 4 rings (SSSR count). The average molecular weight is 396 g/mol. The van der Waals surface area contributed by atoms with Crippen molar-refractivity contribution in [2.75, 3.05) is 18.4 Å². The number of carbonyl (C=O) groups is 2. The highest BCUT2D eigenvalue weighted by Crippen LogP contribution is 2.21. The highest BCUT2D eigenvalue weighted by molar-refractivity contribution is 7.08. The summed E-state index contributed by atoms with van der Waals surface area (Å²) in [7, 11) is 0. The Labute approximate surface area is 166 Å². The standard InChI is InChI=1S/C20H20N4O3S/c25-17(7-8-18-22-23-19(27-18)15-9-12-28-13-15)21-16-5-3-14(4-6-16)20(26)24-10-1-2-11-24/h3-6,9,12-13H,1-2,7-8,10-11H2,(H,21,25). The molecule has 8 heteroatoms. The summed E-state index contributed by atoms with van der Waals surface area (Å²) < 4.78 is 5.58. The molecular weight excluding hydrogens is 376 g/mol. The lowest BCUT2D eigenvalue weighted by molar-refractivity contribution is -0.116. The maximum absolute atomic E-state index is 12.3. The highest BCUT2D eigenvalue weighted by atomic mass is 32.1. The van der Waals surface area contributed by atoms with Gasteiger partial charge in [-0.15, -0.1) is 10.2 Å². The summed E-state index contributed by atoms with van der Waals surface area (Å²) in [5, 5.41) is 14.7. The average Bonchev–Trinajstić information content (AvgIpc) is 3.49. The quantitative estimate of drug-likeness (QED) is 0.688. The van der Waals surface area contributed by atoms with E-state index in [1.807, 2.05) is 21.7 Å². The van der Waals surface area contributed by atoms with E-state index >= 15 is 0 Å². The van der Waals surface area contributed by atoms with Crippen molar-refractivity contribution in [1.82, 2.24) is 15.1 Å². The lowest BCUT2D eigenvalue weighted by Crippen LogP contribution is -2.27. The lowest BCUT2D eigenvalue weighted by atomic mass is 10.1. The molecule has 1 fully saturated rings. The number of anilines is 1. The van der Waals surface area contributed by atoms with Crippen LogP contribution >= 0.6 is 11.3 Å². The first-order valence-corrected chi connectivity index (χ1v) is 10.2. The molecule has 2 aromatic heterocycles. The van der Waals surface area contributed by atoms with Crippen LogP contribution in [-0.2, 0) is 11.2 Å². The lowest BCUT2D eigenvalue weighted by Gasteiger charge is -2.15. The van der Waals surface area contributed by atoms with E-state index in [1.165, 1.54) is 0 Å². The van der Waals surface area contributed by atoms with E-state index in [2.05, 4.69) is 15.5 Å². The Hall–Kier alpha value is -3.00. The van der Waals surface area contributed by atoms with Gasteiger partial charge in [-0.3, -0.25) is 9.59 Å². The fourth-order valence-corrected chi connectivity index (χ4v) is 3.73. The highest BCUT2D eigenvalue weighted by Gasteiger charge is 2.19. The molecule has 28 heavy (non-hydrogen) atoms. The molecule has 3 aromatic rings. The summed E-state index contributed by atoms with van der Waals surface area (Å²) in [6.07, 6.45) is 2.73. The van der Waals surface area contributed by atoms with Crippen LogP contribution in [0.5, 0.6) is 0 Å². The minimum Gasteiger partial charge on any atom is -0.421 e. The van der Waals surface area contributed by atoms with Crippen LogP contribution in [0.1, 0.15) is 35.5 Å². The number of aryl methyl sites for hydroxylation is 1. The van der Waals surface area contributed by atoms with Gasteiger partial charge in [0.1, 0.15) is 0 Å². The van der Waals surface area contributed by atoms with Gasteiger partial charge in [0.2, 0.25) is 17.7 Å². The number of benzene rings is 1. The van der Waals surface area contributed by atoms with Crippen LogP contribution in [0.2, 0.25) is 0 Å². The minimum absolute atomic E-state index is 0.0493. The van der Waals surface area contributed by atoms with E-state index in [4.69, 9.17) is 4.42 Å². The molecule has 144 valence electrons. The van der Waals surface area contributed by atoms with Crippen LogP contribution in [-0.4, -0.2) is 40.0 Å². The number of nitrogens with zero attached hydrogens (tertiary/aromatic N) is 3. The van der Waals surface area contributed by atoms with E-state index < -0.39 is 0 Å². The Morgan fingerprint density at radius 3 is 2.61 bits per heavy atom. The summed E-state index contributed by atoms with van der Waals surface area (Å²) in [5.41, 5.74) is 2.19. The fraction of sp³-hybridized carbons (Fsp3) is 0.300. The summed E-state index contributed by atoms with van der Waals surface area (Å²) in [5.74, 6) is 0.805. The molecule has 1 aliphatic rings. The summed E-state index contributed by atoms with van der Waals surface area (Å²) in [6, 6.07) is 8.92. The number of thiophene rings is 1. The second-order valence-corrected chi connectivity index (χ2v) is 7.42. The predicted octanol–water partition coefficient (Wildman–Crippen LogP) is 3.61. The Morgan fingerprint density at radius 2 is 1.89 bits per heavy atom. The first-order chi connectivity index (χ1) is 13.7. The zero-order chi connectivity index (χ0) is 19.3. The van der Waals surface area contributed by atoms with Gasteiger partial charge in [0.25, 0.3) is 5.91 Å². The Morgan fingerprint density at radius 1 is 1.11 bits per heavy atom. The summed E-state index contributed by atoms with van der Waals surface area (Å²) in [4.78, 5) is 26.4. The predicted molar refractivity (Wildman–Crippen MR) is 106 cm³/mol. The van der Waals surface area contributed by atoms with E-state index in [-0.39, 0.29) is 18.2 Å². The molecule has 7 nitrogen and oxygen atoms in total. The maximum Gasteiger partial charge on any atom is 0.253 e. The smallest absolute Gasteiger partial charge is 0.253 e. The molecule has 1 saturated heterocycles. The van der Waals surface area contributed by atoms with Crippen LogP contribution in [0.25, 0.3) is 11.5 Å². The van der Waals surface area contributed by atoms with Crippen molar-refractivity contribution in [1.29, 1.82) is 0 Å². The molecule has 1 aromatic carbocycles. The van der Waals surface area contributed by atoms with Gasteiger partial charge >= 0.3 is 0 Å². The zero-order valence-corrected chi connectivity index (χ0v) is 16.1. The number of likely N-dealkylation sites (tertiary alicyclic amines) is 1. The molecule has 0 spiro atoms. The van der Waals surface area contributed by atoms with Crippen LogP contribution in [0.15, 0.2) is 45.5 Å². The maximum atomic E-state index is 12.3.